The van der Waals surface area contributed by atoms with Crippen molar-refractivity contribution in [1.82, 2.24) is 20.5 Å². The zero-order valence-electron chi connectivity index (χ0n) is 19.4. The number of halogens is 1. The molecule has 1 saturated heterocycles. The van der Waals surface area contributed by atoms with Crippen LogP contribution in [0, 0.1) is 0 Å². The molecule has 32 heavy (non-hydrogen) atoms. The molecule has 0 bridgehead atoms. The lowest BCUT2D eigenvalue weighted by Gasteiger charge is -2.34. The highest BCUT2D eigenvalue weighted by atomic mass is 127. The number of aliphatic imine (C=N–C) groups is 1. The smallest absolute Gasteiger partial charge is 0.191 e. The maximum atomic E-state index is 5.49. The molecule has 0 aliphatic carbocycles. The monoisotopic (exact) mass is 554 g/mol. The van der Waals surface area contributed by atoms with Crippen molar-refractivity contribution in [2.75, 3.05) is 58.9 Å². The van der Waals surface area contributed by atoms with Crippen molar-refractivity contribution in [3.63, 3.8) is 0 Å². The van der Waals surface area contributed by atoms with E-state index in [-0.39, 0.29) is 24.0 Å². The zero-order valence-corrected chi connectivity index (χ0v) is 21.8. The lowest BCUT2D eigenvalue weighted by atomic mass is 10.2. The van der Waals surface area contributed by atoms with Crippen LogP contribution in [0.3, 0.4) is 0 Å². The van der Waals surface area contributed by atoms with Gasteiger partial charge < -0.3 is 29.9 Å². The van der Waals surface area contributed by atoms with E-state index in [1.54, 1.807) is 14.2 Å². The Bertz CT molecular complexity index is 871. The van der Waals surface area contributed by atoms with Crippen LogP contribution in [0.2, 0.25) is 0 Å². The summed E-state index contributed by atoms with van der Waals surface area (Å²) in [6, 6.07) is 9.90. The lowest BCUT2D eigenvalue weighted by molar-refractivity contribution is 0.312. The Labute approximate surface area is 208 Å². The van der Waals surface area contributed by atoms with Crippen molar-refractivity contribution in [2.45, 2.75) is 20.0 Å². The first-order valence-corrected chi connectivity index (χ1v) is 10.7. The molecule has 1 fully saturated rings. The van der Waals surface area contributed by atoms with E-state index in [0.29, 0.717) is 13.1 Å². The molecule has 0 atom stereocenters. The number of nitrogens with zero attached hydrogens (tertiary/aromatic N) is 4. The second-order valence-corrected chi connectivity index (χ2v) is 7.50. The average molecular weight is 554 g/mol. The largest absolute Gasteiger partial charge is 0.497 e. The number of hydrogen-bond acceptors (Lipinski definition) is 6. The number of aromatic nitrogens is 1. The minimum atomic E-state index is 0. The third-order valence-electron chi connectivity index (χ3n) is 5.36. The Morgan fingerprint density at radius 2 is 1.84 bits per heavy atom. The van der Waals surface area contributed by atoms with E-state index >= 15 is 0 Å². The summed E-state index contributed by atoms with van der Waals surface area (Å²) in [6.45, 7) is 8.09. The van der Waals surface area contributed by atoms with Crippen LogP contribution >= 0.6 is 24.0 Å². The van der Waals surface area contributed by atoms with Gasteiger partial charge in [-0.15, -0.1) is 24.0 Å². The Morgan fingerprint density at radius 3 is 2.53 bits per heavy atom. The molecular weight excluding hydrogens is 519 g/mol. The fourth-order valence-electron chi connectivity index (χ4n) is 3.54. The summed E-state index contributed by atoms with van der Waals surface area (Å²) >= 11 is 0. The Kier molecular flexibility index (Phi) is 10.8. The summed E-state index contributed by atoms with van der Waals surface area (Å²) in [5.74, 6) is 3.34. The second kappa shape index (κ2) is 13.3. The number of ether oxygens (including phenoxy) is 2. The van der Waals surface area contributed by atoms with Crippen molar-refractivity contribution >= 4 is 35.8 Å². The molecule has 2 heterocycles. The number of nitrogens with one attached hydrogen (secondary N) is 2. The van der Waals surface area contributed by atoms with Crippen LogP contribution in [-0.2, 0) is 13.1 Å². The molecule has 1 aromatic heterocycles. The fourth-order valence-corrected chi connectivity index (χ4v) is 3.54. The second-order valence-electron chi connectivity index (χ2n) is 7.50. The molecule has 0 radical (unpaired) electrons. The molecule has 176 valence electrons. The summed E-state index contributed by atoms with van der Waals surface area (Å²) < 4.78 is 10.8. The molecule has 1 aromatic carbocycles. The van der Waals surface area contributed by atoms with Crippen LogP contribution in [0.5, 0.6) is 11.5 Å². The van der Waals surface area contributed by atoms with Gasteiger partial charge in [0.2, 0.25) is 0 Å². The van der Waals surface area contributed by atoms with Gasteiger partial charge in [-0.3, -0.25) is 0 Å². The number of benzene rings is 1. The van der Waals surface area contributed by atoms with E-state index in [1.165, 1.54) is 5.56 Å². The van der Waals surface area contributed by atoms with Crippen LogP contribution in [0.25, 0.3) is 0 Å². The number of pyridine rings is 1. The maximum Gasteiger partial charge on any atom is 0.191 e. The van der Waals surface area contributed by atoms with Gasteiger partial charge in [0.25, 0.3) is 0 Å². The number of piperazine rings is 1. The third-order valence-corrected chi connectivity index (χ3v) is 5.36. The summed E-state index contributed by atoms with van der Waals surface area (Å²) in [7, 11) is 5.47. The molecule has 0 saturated carbocycles. The minimum Gasteiger partial charge on any atom is -0.497 e. The Morgan fingerprint density at radius 1 is 1.06 bits per heavy atom. The maximum absolute atomic E-state index is 5.49. The molecule has 0 unspecified atom stereocenters. The molecule has 2 aromatic rings. The van der Waals surface area contributed by atoms with Crippen LogP contribution in [-0.4, -0.2) is 69.8 Å². The fraction of sp³-hybridized carbons (Fsp3) is 0.478. The van der Waals surface area contributed by atoms with Gasteiger partial charge >= 0.3 is 0 Å². The normalized spacial score (nSPS) is 14.5. The number of rotatable bonds is 8. The van der Waals surface area contributed by atoms with E-state index in [0.717, 1.165) is 61.6 Å². The first-order chi connectivity index (χ1) is 15.1. The molecule has 1 aliphatic heterocycles. The molecule has 2 N–H and O–H groups in total. The topological polar surface area (TPSA) is 74.2 Å². The first-order valence-electron chi connectivity index (χ1n) is 10.7. The number of hydrogen-bond donors (Lipinski definition) is 2. The van der Waals surface area contributed by atoms with Crippen LogP contribution < -0.4 is 25.0 Å². The molecule has 3 rings (SSSR count). The van der Waals surface area contributed by atoms with E-state index in [1.807, 2.05) is 30.5 Å². The van der Waals surface area contributed by atoms with Gasteiger partial charge in [-0.25, -0.2) is 9.98 Å². The van der Waals surface area contributed by atoms with Gasteiger partial charge in [0.05, 0.1) is 20.8 Å². The van der Waals surface area contributed by atoms with Crippen LogP contribution in [0.1, 0.15) is 18.1 Å². The minimum absolute atomic E-state index is 0. The molecule has 9 heteroatoms. The van der Waals surface area contributed by atoms with Gasteiger partial charge in [0.15, 0.2) is 5.96 Å². The third kappa shape index (κ3) is 7.13. The summed E-state index contributed by atoms with van der Waals surface area (Å²) in [5.41, 5.74) is 2.17. The molecule has 0 amide bonds. The highest BCUT2D eigenvalue weighted by Crippen LogP contribution is 2.25. The molecule has 8 nitrogen and oxygen atoms in total. The highest BCUT2D eigenvalue weighted by molar-refractivity contribution is 14.0. The predicted molar refractivity (Wildman–Crippen MR) is 141 cm³/mol. The Balaban J connectivity index is 0.00000363. The van der Waals surface area contributed by atoms with Crippen LogP contribution in [0.4, 0.5) is 5.82 Å². The standard InChI is InChI=1S/C23H34N6O2.HI/c1-5-24-23(26-16-18-8-9-20(30-3)15-21(18)31-4)27-17-19-7-6-10-25-22(19)29-13-11-28(2)12-14-29;/h6-10,15H,5,11-14,16-17H2,1-4H3,(H2,24,26,27);1H. The van der Waals surface area contributed by atoms with Crippen molar-refractivity contribution < 1.29 is 9.47 Å². The highest BCUT2D eigenvalue weighted by Gasteiger charge is 2.18. The van der Waals surface area contributed by atoms with Gasteiger partial charge in [-0.1, -0.05) is 6.07 Å². The van der Waals surface area contributed by atoms with Crippen molar-refractivity contribution in [1.29, 1.82) is 0 Å². The number of likely N-dealkylation sites (N-methyl/N-ethyl adjacent to an activating group) is 1. The molecule has 1 aliphatic rings. The number of guanidine groups is 1. The summed E-state index contributed by atoms with van der Waals surface area (Å²) in [5, 5.41) is 6.77. The van der Waals surface area contributed by atoms with Crippen LogP contribution in [0.15, 0.2) is 41.5 Å². The van der Waals surface area contributed by atoms with Gasteiger partial charge in [0.1, 0.15) is 17.3 Å². The SMILES string of the molecule is CCNC(=NCc1ccc(OC)cc1OC)NCc1cccnc1N1CCN(C)CC1.I. The predicted octanol–water partition coefficient (Wildman–Crippen LogP) is 2.72. The summed E-state index contributed by atoms with van der Waals surface area (Å²) in [6.07, 6.45) is 1.87. The van der Waals surface area contributed by atoms with Gasteiger partial charge in [-0.05, 0) is 32.2 Å². The zero-order chi connectivity index (χ0) is 22.1. The van der Waals surface area contributed by atoms with E-state index in [4.69, 9.17) is 14.5 Å². The molecular formula is C23H35IN6O2. The average Bonchev–Trinajstić information content (AvgIpc) is 2.81. The number of anilines is 1. The van der Waals surface area contributed by atoms with Crippen molar-refractivity contribution in [3.05, 3.63) is 47.7 Å². The van der Waals surface area contributed by atoms with Crippen molar-refractivity contribution in [2.24, 2.45) is 4.99 Å². The van der Waals surface area contributed by atoms with E-state index < -0.39 is 0 Å². The molecule has 0 spiro atoms. The Hall–Kier alpha value is -2.27. The van der Waals surface area contributed by atoms with Gasteiger partial charge in [-0.2, -0.15) is 0 Å². The first kappa shape index (κ1) is 26.0. The van der Waals surface area contributed by atoms with E-state index in [9.17, 15) is 0 Å². The van der Waals surface area contributed by atoms with Gasteiger partial charge in [0, 0.05) is 62.7 Å². The van der Waals surface area contributed by atoms with E-state index in [2.05, 4.69) is 45.5 Å². The quantitative estimate of drug-likeness (QED) is 0.296. The lowest BCUT2D eigenvalue weighted by Crippen LogP contribution is -2.45. The number of methoxy groups -OCH3 is 2. The van der Waals surface area contributed by atoms with Crippen molar-refractivity contribution in [3.8, 4) is 11.5 Å². The summed E-state index contributed by atoms with van der Waals surface area (Å²) in [4.78, 5) is 14.1.